The molecule has 160 valence electrons. The molecular formula is C16H18N5O8P. The number of nitro groups is 1. The first kappa shape index (κ1) is 21.7. The number of amides is 1. The number of imidazole rings is 1. The second-order valence-corrected chi connectivity index (χ2v) is 6.82. The lowest BCUT2D eigenvalue weighted by Gasteiger charge is -2.17. The summed E-state index contributed by atoms with van der Waals surface area (Å²) in [6, 6.07) is 5.66. The van der Waals surface area contributed by atoms with Gasteiger partial charge < -0.3 is 26.0 Å². The number of aliphatic hydroxyl groups is 2. The topological polar surface area (TPSA) is 192 Å². The van der Waals surface area contributed by atoms with Gasteiger partial charge in [-0.15, -0.1) is 0 Å². The van der Waals surface area contributed by atoms with Crippen molar-refractivity contribution in [2.45, 2.75) is 31.1 Å². The molecule has 5 N–H and O–H groups in total. The van der Waals surface area contributed by atoms with Crippen LogP contribution < -0.4 is 11.1 Å². The lowest BCUT2D eigenvalue weighted by atomic mass is 10.1. The molecule has 0 bridgehead atoms. The SMILES string of the molecule is Nc1c(C(=O)NCc2ccc([N+](=O)[O-])cc2)ncn1C1OC(COP=O)C(O)C1O. The normalized spacial score (nSPS) is 23.5. The van der Waals surface area contributed by atoms with Crippen molar-refractivity contribution in [3.05, 3.63) is 52.0 Å². The molecule has 0 radical (unpaired) electrons. The molecule has 13 nitrogen and oxygen atoms in total. The molecule has 1 aromatic heterocycles. The Kier molecular flexibility index (Phi) is 6.70. The average molecular weight is 439 g/mol. The molecule has 2 aromatic rings. The van der Waals surface area contributed by atoms with E-state index >= 15 is 0 Å². The van der Waals surface area contributed by atoms with Crippen LogP contribution in [0, 0.1) is 10.1 Å². The van der Waals surface area contributed by atoms with Crippen LogP contribution in [0.4, 0.5) is 11.5 Å². The predicted octanol–water partition coefficient (Wildman–Crippen LogP) is 0.146. The summed E-state index contributed by atoms with van der Waals surface area (Å²) in [6.45, 7) is -0.144. The maximum atomic E-state index is 12.4. The van der Waals surface area contributed by atoms with Crippen LogP contribution in [0.25, 0.3) is 0 Å². The van der Waals surface area contributed by atoms with E-state index in [-0.39, 0.29) is 30.4 Å². The van der Waals surface area contributed by atoms with Crippen LogP contribution in [0.15, 0.2) is 30.6 Å². The minimum absolute atomic E-state index is 0.0659. The molecule has 1 aromatic carbocycles. The Morgan fingerprint density at radius 3 is 2.70 bits per heavy atom. The summed E-state index contributed by atoms with van der Waals surface area (Å²) in [5.41, 5.74) is 6.41. The number of rotatable bonds is 8. The van der Waals surface area contributed by atoms with Crippen molar-refractivity contribution in [2.75, 3.05) is 12.3 Å². The molecule has 30 heavy (non-hydrogen) atoms. The van der Waals surface area contributed by atoms with E-state index in [1.807, 2.05) is 0 Å². The Bertz CT molecular complexity index is 936. The number of ether oxygens (including phenoxy) is 1. The number of hydrogen-bond acceptors (Lipinski definition) is 10. The van der Waals surface area contributed by atoms with E-state index in [0.717, 1.165) is 0 Å². The molecule has 1 aliphatic rings. The maximum Gasteiger partial charge on any atom is 0.327 e. The zero-order chi connectivity index (χ0) is 21.8. The number of anilines is 1. The van der Waals surface area contributed by atoms with Gasteiger partial charge in [0.15, 0.2) is 11.9 Å². The van der Waals surface area contributed by atoms with E-state index < -0.39 is 44.1 Å². The number of hydrogen-bond donors (Lipinski definition) is 4. The van der Waals surface area contributed by atoms with Gasteiger partial charge in [-0.05, 0) is 5.56 Å². The summed E-state index contributed by atoms with van der Waals surface area (Å²) in [6.07, 6.45) is -3.59. The summed E-state index contributed by atoms with van der Waals surface area (Å²) < 4.78 is 21.8. The molecule has 3 rings (SSSR count). The molecule has 1 amide bonds. The zero-order valence-corrected chi connectivity index (χ0v) is 16.2. The van der Waals surface area contributed by atoms with Gasteiger partial charge in [0, 0.05) is 18.7 Å². The fraction of sp³-hybridized carbons (Fsp3) is 0.375. The molecule has 0 spiro atoms. The Morgan fingerprint density at radius 2 is 2.07 bits per heavy atom. The Morgan fingerprint density at radius 1 is 1.37 bits per heavy atom. The average Bonchev–Trinajstić information content (AvgIpc) is 3.25. The Balaban J connectivity index is 1.66. The minimum atomic E-state index is -1.38. The monoisotopic (exact) mass is 439 g/mol. The van der Waals surface area contributed by atoms with Gasteiger partial charge >= 0.3 is 8.69 Å². The van der Waals surface area contributed by atoms with E-state index in [2.05, 4.69) is 14.8 Å². The first-order valence-electron chi connectivity index (χ1n) is 8.63. The number of aromatic nitrogens is 2. The standard InChI is InChI=1S/C16H18N5O8P/c17-14-11(15(24)18-5-8-1-3-9(4-2-8)21(25)26)19-7-20(14)16-13(23)12(22)10(29-16)6-28-30-27/h1-4,7,10,12-13,16,22-23H,5-6,17H2,(H,18,24). The van der Waals surface area contributed by atoms with E-state index in [1.54, 1.807) is 0 Å². The summed E-state index contributed by atoms with van der Waals surface area (Å²) in [4.78, 5) is 26.5. The van der Waals surface area contributed by atoms with Crippen molar-refractivity contribution in [3.8, 4) is 0 Å². The third-order valence-electron chi connectivity index (χ3n) is 4.55. The molecule has 0 saturated carbocycles. The molecule has 0 aliphatic carbocycles. The molecular weight excluding hydrogens is 421 g/mol. The third-order valence-corrected chi connectivity index (χ3v) is 4.80. The van der Waals surface area contributed by atoms with Crippen molar-refractivity contribution < 1.29 is 33.8 Å². The molecule has 1 aliphatic heterocycles. The van der Waals surface area contributed by atoms with E-state index in [4.69, 9.17) is 10.5 Å². The van der Waals surface area contributed by atoms with Crippen molar-refractivity contribution in [2.24, 2.45) is 0 Å². The fourth-order valence-corrected chi connectivity index (χ4v) is 3.16. The lowest BCUT2D eigenvalue weighted by molar-refractivity contribution is -0.384. The van der Waals surface area contributed by atoms with Crippen molar-refractivity contribution in [1.82, 2.24) is 14.9 Å². The number of nitro benzene ring substituents is 1. The number of benzene rings is 1. The number of nitrogens with one attached hydrogen (secondary N) is 1. The van der Waals surface area contributed by atoms with Crippen LogP contribution >= 0.6 is 8.69 Å². The van der Waals surface area contributed by atoms with Gasteiger partial charge in [-0.3, -0.25) is 24.0 Å². The van der Waals surface area contributed by atoms with Crippen LogP contribution in [0.1, 0.15) is 22.3 Å². The summed E-state index contributed by atoms with van der Waals surface area (Å²) >= 11 is 0. The Labute approximate surface area is 170 Å². The highest BCUT2D eigenvalue weighted by atomic mass is 31.1. The van der Waals surface area contributed by atoms with Gasteiger partial charge in [-0.25, -0.2) is 9.55 Å². The number of carbonyl (C=O) groups is 1. The van der Waals surface area contributed by atoms with E-state index in [0.29, 0.717) is 5.56 Å². The summed E-state index contributed by atoms with van der Waals surface area (Å²) in [5, 5.41) is 33.5. The number of non-ortho nitro benzene ring substituents is 1. The number of aliphatic hydroxyl groups excluding tert-OH is 2. The van der Waals surface area contributed by atoms with Gasteiger partial charge in [0.2, 0.25) is 0 Å². The van der Waals surface area contributed by atoms with Crippen LogP contribution in [0.5, 0.6) is 0 Å². The molecule has 14 heteroatoms. The molecule has 4 atom stereocenters. The van der Waals surface area contributed by atoms with E-state index in [9.17, 15) is 29.7 Å². The lowest BCUT2D eigenvalue weighted by Crippen LogP contribution is -2.33. The van der Waals surface area contributed by atoms with Crippen LogP contribution in [-0.4, -0.2) is 55.5 Å². The molecule has 1 fully saturated rings. The summed E-state index contributed by atoms with van der Waals surface area (Å²) in [7, 11) is -0.596. The first-order chi connectivity index (χ1) is 14.3. The van der Waals surface area contributed by atoms with Crippen LogP contribution in [0.3, 0.4) is 0 Å². The van der Waals surface area contributed by atoms with Gasteiger partial charge in [0.05, 0.1) is 17.9 Å². The third kappa shape index (κ3) is 4.45. The molecule has 1 saturated heterocycles. The van der Waals surface area contributed by atoms with Gasteiger partial charge in [-0.1, -0.05) is 12.1 Å². The van der Waals surface area contributed by atoms with Gasteiger partial charge in [-0.2, -0.15) is 0 Å². The van der Waals surface area contributed by atoms with Gasteiger partial charge in [0.25, 0.3) is 11.6 Å². The molecule has 4 unspecified atom stereocenters. The number of carbonyl (C=O) groups excluding carboxylic acids is 1. The largest absolute Gasteiger partial charge is 0.387 e. The molecule has 2 heterocycles. The highest BCUT2D eigenvalue weighted by Crippen LogP contribution is 2.32. The van der Waals surface area contributed by atoms with Crippen molar-refractivity contribution >= 4 is 26.1 Å². The van der Waals surface area contributed by atoms with Crippen molar-refractivity contribution in [3.63, 3.8) is 0 Å². The zero-order valence-electron chi connectivity index (χ0n) is 15.3. The van der Waals surface area contributed by atoms with E-state index in [1.165, 1.54) is 35.2 Å². The first-order valence-corrected chi connectivity index (χ1v) is 9.36. The fourth-order valence-electron chi connectivity index (χ4n) is 2.95. The van der Waals surface area contributed by atoms with Crippen molar-refractivity contribution in [1.29, 1.82) is 0 Å². The van der Waals surface area contributed by atoms with Gasteiger partial charge in [0.1, 0.15) is 24.1 Å². The Hall–Kier alpha value is -2.96. The van der Waals surface area contributed by atoms with Crippen LogP contribution in [-0.2, 0) is 20.4 Å². The number of nitrogens with two attached hydrogens (primary N) is 1. The number of nitrogens with zero attached hydrogens (tertiary/aromatic N) is 3. The van der Waals surface area contributed by atoms with Crippen LogP contribution in [0.2, 0.25) is 0 Å². The predicted molar refractivity (Wildman–Crippen MR) is 100 cm³/mol. The number of nitrogen functional groups attached to an aromatic ring is 1. The minimum Gasteiger partial charge on any atom is -0.387 e. The quantitative estimate of drug-likeness (QED) is 0.250. The summed E-state index contributed by atoms with van der Waals surface area (Å²) in [5.74, 6) is -0.710. The smallest absolute Gasteiger partial charge is 0.327 e. The second kappa shape index (κ2) is 9.24. The maximum absolute atomic E-state index is 12.4. The second-order valence-electron chi connectivity index (χ2n) is 6.41. The highest BCUT2D eigenvalue weighted by molar-refractivity contribution is 7.17. The highest BCUT2D eigenvalue weighted by Gasteiger charge is 2.44.